The first-order chi connectivity index (χ1) is 6.88. The molecule has 2 N–H and O–H groups in total. The van der Waals surface area contributed by atoms with E-state index in [0.717, 1.165) is 0 Å². The fraction of sp³-hybridized carbons (Fsp3) is 0.500. The van der Waals surface area contributed by atoms with Gasteiger partial charge in [0.2, 0.25) is 0 Å². The molecule has 0 spiro atoms. The number of hydrogen-bond acceptors (Lipinski definition) is 2. The molecule has 0 unspecified atom stereocenters. The Morgan fingerprint density at radius 3 is 1.71 bits per heavy atom. The highest BCUT2D eigenvalue weighted by atomic mass is 16.3. The molecule has 0 aromatic rings. The van der Waals surface area contributed by atoms with E-state index in [9.17, 15) is 0 Å². The maximum atomic E-state index is 9.13. The summed E-state index contributed by atoms with van der Waals surface area (Å²) < 4.78 is 0. The van der Waals surface area contributed by atoms with Crippen molar-refractivity contribution in [3.63, 3.8) is 0 Å². The van der Waals surface area contributed by atoms with Crippen molar-refractivity contribution < 1.29 is 10.2 Å². The van der Waals surface area contributed by atoms with Gasteiger partial charge in [-0.15, -0.1) is 0 Å². The Balaban J connectivity index is 2.74. The van der Waals surface area contributed by atoms with E-state index < -0.39 is 0 Å². The summed E-state index contributed by atoms with van der Waals surface area (Å²) in [7, 11) is 0. The van der Waals surface area contributed by atoms with E-state index in [1.807, 2.05) is 0 Å². The second-order valence-corrected chi connectivity index (χ2v) is 3.27. The summed E-state index contributed by atoms with van der Waals surface area (Å²) in [5, 5.41) is 18.3. The number of allylic oxidation sites excluding steroid dienone is 2. The van der Waals surface area contributed by atoms with Gasteiger partial charge in [-0.3, -0.25) is 0 Å². The highest BCUT2D eigenvalue weighted by molar-refractivity contribution is 5.25. The van der Waals surface area contributed by atoms with Crippen molar-refractivity contribution >= 4 is 0 Å². The number of rotatable bonds is 2. The molecule has 2 heteroatoms. The summed E-state index contributed by atoms with van der Waals surface area (Å²) in [6.07, 6.45) is 4.66. The van der Waals surface area contributed by atoms with E-state index in [4.69, 9.17) is 10.2 Å². The summed E-state index contributed by atoms with van der Waals surface area (Å²) >= 11 is 0. The number of hydrogen-bond donors (Lipinski definition) is 2. The Morgan fingerprint density at radius 2 is 1.36 bits per heavy atom. The van der Waals surface area contributed by atoms with E-state index in [-0.39, 0.29) is 25.0 Å². The molecule has 0 fully saturated rings. The van der Waals surface area contributed by atoms with E-state index in [1.165, 1.54) is 0 Å². The lowest BCUT2D eigenvalue weighted by Crippen LogP contribution is -2.21. The Kier molecular flexibility index (Phi) is 4.86. The lowest BCUT2D eigenvalue weighted by Gasteiger charge is -2.19. The van der Waals surface area contributed by atoms with Crippen LogP contribution >= 0.6 is 0 Å². The minimum Gasteiger partial charge on any atom is -0.396 e. The van der Waals surface area contributed by atoms with Crippen LogP contribution in [0.15, 0.2) is 12.2 Å². The third-order valence-corrected chi connectivity index (χ3v) is 2.32. The van der Waals surface area contributed by atoms with Crippen LogP contribution in [0.3, 0.4) is 0 Å². The monoisotopic (exact) mass is 190 g/mol. The second-order valence-electron chi connectivity index (χ2n) is 3.27. The van der Waals surface area contributed by atoms with Crippen molar-refractivity contribution in [2.24, 2.45) is 11.8 Å². The molecular formula is C12H14O2. The number of aliphatic hydroxyl groups excluding tert-OH is 2. The van der Waals surface area contributed by atoms with Crippen LogP contribution < -0.4 is 0 Å². The van der Waals surface area contributed by atoms with Gasteiger partial charge in [0, 0.05) is 26.1 Å². The van der Waals surface area contributed by atoms with Gasteiger partial charge in [-0.1, -0.05) is 23.7 Å². The Hall–Kier alpha value is -1.22. The van der Waals surface area contributed by atoms with Crippen molar-refractivity contribution in [1.29, 1.82) is 0 Å². The molecule has 0 bridgehead atoms. The van der Waals surface area contributed by atoms with Crippen LogP contribution in [0, 0.1) is 35.5 Å². The summed E-state index contributed by atoms with van der Waals surface area (Å²) in [6.45, 7) is 0.122. The van der Waals surface area contributed by atoms with Crippen LogP contribution in [0.25, 0.3) is 0 Å². The first-order valence-corrected chi connectivity index (χ1v) is 4.72. The minimum atomic E-state index is 0.0355. The lowest BCUT2D eigenvalue weighted by molar-refractivity contribution is 0.125. The van der Waals surface area contributed by atoms with E-state index in [0.29, 0.717) is 12.8 Å². The zero-order valence-electron chi connectivity index (χ0n) is 8.03. The van der Waals surface area contributed by atoms with Gasteiger partial charge in [0.1, 0.15) is 0 Å². The van der Waals surface area contributed by atoms with Gasteiger partial charge in [-0.25, -0.2) is 0 Å². The minimum absolute atomic E-state index is 0.0355. The van der Waals surface area contributed by atoms with Crippen LogP contribution in [-0.4, -0.2) is 23.4 Å². The third kappa shape index (κ3) is 3.26. The van der Waals surface area contributed by atoms with E-state index in [2.05, 4.69) is 23.7 Å². The van der Waals surface area contributed by atoms with Gasteiger partial charge in [0.05, 0.1) is 0 Å². The smallest absolute Gasteiger partial charge is 0.0472 e. The molecule has 0 aromatic carbocycles. The maximum absolute atomic E-state index is 9.13. The van der Waals surface area contributed by atoms with Crippen LogP contribution in [0.5, 0.6) is 0 Å². The summed E-state index contributed by atoms with van der Waals surface area (Å²) in [6, 6.07) is 0. The van der Waals surface area contributed by atoms with Crippen LogP contribution in [0.1, 0.15) is 12.8 Å². The first-order valence-electron chi connectivity index (χ1n) is 4.72. The predicted octanol–water partition coefficient (Wildman–Crippen LogP) is 0.560. The normalized spacial score (nSPS) is 25.6. The molecular weight excluding hydrogens is 176 g/mol. The van der Waals surface area contributed by atoms with Crippen molar-refractivity contribution in [3.05, 3.63) is 12.2 Å². The second kappa shape index (κ2) is 6.27. The van der Waals surface area contributed by atoms with Gasteiger partial charge >= 0.3 is 0 Å². The van der Waals surface area contributed by atoms with Crippen molar-refractivity contribution in [1.82, 2.24) is 0 Å². The van der Waals surface area contributed by atoms with E-state index in [1.54, 1.807) is 12.2 Å². The summed E-state index contributed by atoms with van der Waals surface area (Å²) in [5.74, 6) is 11.6. The van der Waals surface area contributed by atoms with Gasteiger partial charge < -0.3 is 10.2 Å². The summed E-state index contributed by atoms with van der Waals surface area (Å²) in [5.41, 5.74) is 0. The SMILES string of the molecule is OC[C@@H]1CC#CC=CC#CC[C@H]1CO. The topological polar surface area (TPSA) is 40.5 Å². The number of aliphatic hydroxyl groups is 2. The fourth-order valence-corrected chi connectivity index (χ4v) is 1.34. The van der Waals surface area contributed by atoms with E-state index >= 15 is 0 Å². The molecule has 0 saturated heterocycles. The highest BCUT2D eigenvalue weighted by Crippen LogP contribution is 2.18. The molecule has 1 rings (SSSR count). The molecule has 0 saturated carbocycles. The Morgan fingerprint density at radius 1 is 0.929 bits per heavy atom. The van der Waals surface area contributed by atoms with Crippen molar-refractivity contribution in [2.75, 3.05) is 13.2 Å². The molecule has 0 radical (unpaired) electrons. The van der Waals surface area contributed by atoms with Crippen LogP contribution in [0.4, 0.5) is 0 Å². The van der Waals surface area contributed by atoms with Gasteiger partial charge in [0.25, 0.3) is 0 Å². The molecule has 1 aliphatic carbocycles. The van der Waals surface area contributed by atoms with Crippen LogP contribution in [-0.2, 0) is 0 Å². The van der Waals surface area contributed by atoms with Crippen molar-refractivity contribution in [2.45, 2.75) is 12.8 Å². The van der Waals surface area contributed by atoms with Gasteiger partial charge in [-0.2, -0.15) is 0 Å². The molecule has 2 atom stereocenters. The fourth-order valence-electron chi connectivity index (χ4n) is 1.34. The van der Waals surface area contributed by atoms with Crippen LogP contribution in [0.2, 0.25) is 0 Å². The third-order valence-electron chi connectivity index (χ3n) is 2.32. The quantitative estimate of drug-likeness (QED) is 0.625. The molecule has 14 heavy (non-hydrogen) atoms. The first kappa shape index (κ1) is 10.9. The molecule has 1 aliphatic rings. The molecule has 74 valence electrons. The van der Waals surface area contributed by atoms with Gasteiger partial charge in [-0.05, 0) is 24.0 Å². The maximum Gasteiger partial charge on any atom is 0.0472 e. The lowest BCUT2D eigenvalue weighted by atomic mass is 9.88. The molecule has 0 aliphatic heterocycles. The molecule has 0 heterocycles. The summed E-state index contributed by atoms with van der Waals surface area (Å²) in [4.78, 5) is 0. The largest absolute Gasteiger partial charge is 0.396 e. The predicted molar refractivity (Wildman–Crippen MR) is 55.1 cm³/mol. The Bertz CT molecular complexity index is 277. The van der Waals surface area contributed by atoms with Gasteiger partial charge in [0.15, 0.2) is 0 Å². The highest BCUT2D eigenvalue weighted by Gasteiger charge is 2.18. The van der Waals surface area contributed by atoms with Crippen molar-refractivity contribution in [3.8, 4) is 23.7 Å². The average Bonchev–Trinajstić information content (AvgIpc) is 2.24. The standard InChI is InChI=1S/C12H14O2/c13-9-11-7-5-3-1-2-4-6-8-12(11)10-14/h1-2,11-14H,7-10H2/t11-,12-/m0/s1. The average molecular weight is 190 g/mol. The zero-order chi connectivity index (χ0) is 10.2. The zero-order valence-corrected chi connectivity index (χ0v) is 8.03. The molecule has 0 amide bonds. The molecule has 0 aromatic heterocycles. The Labute approximate surface area is 84.6 Å². The molecule has 2 nitrogen and oxygen atoms in total.